The fraction of sp³-hybridized carbons (Fsp3) is 0.833. The van der Waals surface area contributed by atoms with Crippen molar-refractivity contribution < 1.29 is 39.0 Å². The molecule has 11 heavy (non-hydrogen) atoms. The Balaban J connectivity index is -0.0000000325. The minimum absolute atomic E-state index is 0. The molecule has 0 saturated heterocycles. The zero-order valence-electron chi connectivity index (χ0n) is 7.63. The summed E-state index contributed by atoms with van der Waals surface area (Å²) < 4.78 is 0. The molecule has 0 saturated carbocycles. The molecule has 2 N–H and O–H groups in total. The van der Waals surface area contributed by atoms with E-state index in [-0.39, 0.29) is 32.1 Å². The third-order valence-electron chi connectivity index (χ3n) is 0. The molecule has 0 aromatic heterocycles. The summed E-state index contributed by atoms with van der Waals surface area (Å²) in [7, 11) is 0. The number of aliphatic carboxylic acids is 1. The van der Waals surface area contributed by atoms with Gasteiger partial charge in [0.25, 0.3) is 0 Å². The minimum atomic E-state index is -1.08. The Bertz CT molecular complexity index is 52.5. The molecule has 0 fully saturated rings. The van der Waals surface area contributed by atoms with Gasteiger partial charge in [-0.3, -0.25) is 0 Å². The average molecular weight is 158 g/mol. The standard InChI is InChI=1S/C2H4O2.2C2H6O.Li/c1-2(3)4;2*1-2-3;/h1H3,(H,3,4);2*3H,2H2,1H3;/q;;;+1/p-1. The fourth-order valence-corrected chi connectivity index (χ4v) is 0. The molecule has 4 nitrogen and oxygen atoms in total. The van der Waals surface area contributed by atoms with Gasteiger partial charge in [-0.2, -0.15) is 0 Å². The number of carbonyl (C=O) groups is 1. The topological polar surface area (TPSA) is 80.6 Å². The first-order chi connectivity index (χ1) is 4.56. The van der Waals surface area contributed by atoms with Gasteiger partial charge in [0.1, 0.15) is 0 Å². The second-order valence-electron chi connectivity index (χ2n) is 1.12. The third-order valence-corrected chi connectivity index (χ3v) is 0. The van der Waals surface area contributed by atoms with Crippen LogP contribution < -0.4 is 24.0 Å². The van der Waals surface area contributed by atoms with Gasteiger partial charge in [0, 0.05) is 19.2 Å². The van der Waals surface area contributed by atoms with E-state index in [1.807, 2.05) is 0 Å². The average Bonchev–Trinajstić information content (AvgIpc) is 1.65. The van der Waals surface area contributed by atoms with Crippen molar-refractivity contribution in [3.63, 3.8) is 0 Å². The SMILES string of the molecule is CC(=O)[O-].CCO.CCO.[Li+]. The second kappa shape index (κ2) is 32.4. The molecule has 0 aromatic rings. The van der Waals surface area contributed by atoms with E-state index in [2.05, 4.69) is 0 Å². The first-order valence-corrected chi connectivity index (χ1v) is 2.95. The van der Waals surface area contributed by atoms with Gasteiger partial charge in [-0.1, -0.05) is 0 Å². The maximum Gasteiger partial charge on any atom is 1.00 e. The fourth-order valence-electron chi connectivity index (χ4n) is 0. The van der Waals surface area contributed by atoms with Crippen LogP contribution in [-0.2, 0) is 4.79 Å². The normalized spacial score (nSPS) is 5.55. The quantitative estimate of drug-likeness (QED) is 0.350. The number of aliphatic hydroxyl groups is 2. The van der Waals surface area contributed by atoms with Crippen LogP contribution in [0.1, 0.15) is 20.8 Å². The molecule has 5 heteroatoms. The number of aliphatic hydroxyl groups excluding tert-OH is 2. The second-order valence-corrected chi connectivity index (χ2v) is 1.12. The Labute approximate surface area is 79.4 Å². The molecule has 0 heterocycles. The van der Waals surface area contributed by atoms with Gasteiger partial charge in [-0.25, -0.2) is 0 Å². The van der Waals surface area contributed by atoms with E-state index in [4.69, 9.17) is 20.1 Å². The summed E-state index contributed by atoms with van der Waals surface area (Å²) in [5.74, 6) is -1.08. The van der Waals surface area contributed by atoms with Gasteiger partial charge in [0.2, 0.25) is 0 Å². The first kappa shape index (κ1) is 22.4. The summed E-state index contributed by atoms with van der Waals surface area (Å²) in [5.41, 5.74) is 0. The van der Waals surface area contributed by atoms with Crippen molar-refractivity contribution in [2.75, 3.05) is 13.2 Å². The third kappa shape index (κ3) is 4020000. The van der Waals surface area contributed by atoms with Crippen LogP contribution in [0.4, 0.5) is 0 Å². The smallest absolute Gasteiger partial charge is 0.550 e. The number of carboxylic acid groups (broad SMARTS) is 1. The summed E-state index contributed by atoms with van der Waals surface area (Å²) in [6, 6.07) is 0. The van der Waals surface area contributed by atoms with Crippen LogP contribution in [0.3, 0.4) is 0 Å². The van der Waals surface area contributed by atoms with Crippen LogP contribution >= 0.6 is 0 Å². The van der Waals surface area contributed by atoms with Gasteiger partial charge >= 0.3 is 18.9 Å². The zero-order valence-corrected chi connectivity index (χ0v) is 7.63. The summed E-state index contributed by atoms with van der Waals surface area (Å²) in [6.45, 7) is 4.83. The van der Waals surface area contributed by atoms with Gasteiger partial charge in [-0.05, 0) is 20.8 Å². The van der Waals surface area contributed by atoms with Gasteiger partial charge in [0.15, 0.2) is 0 Å². The first-order valence-electron chi connectivity index (χ1n) is 2.95. The Hall–Kier alpha value is -0.0126. The van der Waals surface area contributed by atoms with Gasteiger partial charge in [-0.15, -0.1) is 0 Å². The van der Waals surface area contributed by atoms with E-state index in [0.717, 1.165) is 6.92 Å². The van der Waals surface area contributed by atoms with Gasteiger partial charge < -0.3 is 20.1 Å². The van der Waals surface area contributed by atoms with E-state index in [1.54, 1.807) is 13.8 Å². The predicted octanol–water partition coefficient (Wildman–Crippen LogP) is -4.24. The van der Waals surface area contributed by atoms with Crippen molar-refractivity contribution in [1.82, 2.24) is 0 Å². The number of hydrogen-bond acceptors (Lipinski definition) is 4. The molecule has 0 aliphatic carbocycles. The van der Waals surface area contributed by atoms with Crippen LogP contribution in [-0.4, -0.2) is 29.4 Å². The Morgan fingerprint density at radius 2 is 1.27 bits per heavy atom. The van der Waals surface area contributed by atoms with Crippen LogP contribution in [0.2, 0.25) is 0 Å². The number of carboxylic acids is 1. The molecule has 0 amide bonds. The molecule has 0 unspecified atom stereocenters. The van der Waals surface area contributed by atoms with Crippen LogP contribution in [0.25, 0.3) is 0 Å². The van der Waals surface area contributed by atoms with Crippen LogP contribution in [0, 0.1) is 0 Å². The van der Waals surface area contributed by atoms with Crippen molar-refractivity contribution in [2.45, 2.75) is 20.8 Å². The molecule has 0 atom stereocenters. The van der Waals surface area contributed by atoms with E-state index in [9.17, 15) is 0 Å². The summed E-state index contributed by atoms with van der Waals surface area (Å²) >= 11 is 0. The number of carbonyl (C=O) groups excluding carboxylic acids is 1. The molecule has 0 radical (unpaired) electrons. The van der Waals surface area contributed by atoms with E-state index < -0.39 is 5.97 Å². The monoisotopic (exact) mass is 158 g/mol. The predicted molar refractivity (Wildman–Crippen MR) is 36.2 cm³/mol. The molecule has 0 rings (SSSR count). The van der Waals surface area contributed by atoms with Crippen molar-refractivity contribution in [1.29, 1.82) is 0 Å². The van der Waals surface area contributed by atoms with Crippen molar-refractivity contribution in [2.24, 2.45) is 0 Å². The van der Waals surface area contributed by atoms with Crippen molar-refractivity contribution in [3.05, 3.63) is 0 Å². The molecule has 64 valence electrons. The molecule has 0 aliphatic heterocycles. The maximum atomic E-state index is 8.89. The number of rotatable bonds is 0. The molecular formula is C6H15LiO4. The molecule has 0 aliphatic rings. The van der Waals surface area contributed by atoms with Crippen molar-refractivity contribution >= 4 is 5.97 Å². The molecule has 0 aromatic carbocycles. The number of hydrogen-bond donors (Lipinski definition) is 2. The van der Waals surface area contributed by atoms with E-state index in [1.165, 1.54) is 0 Å². The molecular weight excluding hydrogens is 143 g/mol. The molecule has 0 spiro atoms. The minimum Gasteiger partial charge on any atom is -0.550 e. The van der Waals surface area contributed by atoms with Crippen molar-refractivity contribution in [3.8, 4) is 0 Å². The summed E-state index contributed by atoms with van der Waals surface area (Å²) in [5, 5.41) is 24.0. The van der Waals surface area contributed by atoms with E-state index >= 15 is 0 Å². The summed E-state index contributed by atoms with van der Waals surface area (Å²) in [6.07, 6.45) is 0. The Morgan fingerprint density at radius 3 is 1.27 bits per heavy atom. The Morgan fingerprint density at radius 1 is 1.27 bits per heavy atom. The van der Waals surface area contributed by atoms with Crippen LogP contribution in [0.15, 0.2) is 0 Å². The largest absolute Gasteiger partial charge is 1.00 e. The summed E-state index contributed by atoms with van der Waals surface area (Å²) in [4.78, 5) is 8.89. The zero-order chi connectivity index (χ0) is 8.99. The molecule has 0 bridgehead atoms. The van der Waals surface area contributed by atoms with Crippen LogP contribution in [0.5, 0.6) is 0 Å². The van der Waals surface area contributed by atoms with Gasteiger partial charge in [0.05, 0.1) is 0 Å². The Kier molecular flexibility index (Phi) is 66.2. The van der Waals surface area contributed by atoms with E-state index in [0.29, 0.717) is 0 Å². The maximum absolute atomic E-state index is 8.89.